The highest BCUT2D eigenvalue weighted by atomic mass is 35.5. The summed E-state index contributed by atoms with van der Waals surface area (Å²) in [4.78, 5) is 63.0. The van der Waals surface area contributed by atoms with Crippen molar-refractivity contribution in [1.29, 1.82) is 0 Å². The third kappa shape index (κ3) is 12.8. The number of carbonyl (C=O) groups is 3. The first-order valence-corrected chi connectivity index (χ1v) is 17.4. The first-order valence-electron chi connectivity index (χ1n) is 16.1. The van der Waals surface area contributed by atoms with Crippen molar-refractivity contribution in [3.8, 4) is 11.4 Å². The summed E-state index contributed by atoms with van der Waals surface area (Å²) in [6.07, 6.45) is 0.621. The van der Waals surface area contributed by atoms with E-state index in [1.165, 1.54) is 23.9 Å². The van der Waals surface area contributed by atoms with Gasteiger partial charge in [0, 0.05) is 65.7 Å². The van der Waals surface area contributed by atoms with Crippen molar-refractivity contribution < 1.29 is 39.2 Å². The number of benzene rings is 2. The van der Waals surface area contributed by atoms with Crippen LogP contribution < -0.4 is 5.56 Å². The molecule has 1 amide bonds. The topological polar surface area (TPSA) is 199 Å². The molecule has 0 aliphatic carbocycles. The zero-order chi connectivity index (χ0) is 38.4. The van der Waals surface area contributed by atoms with Crippen molar-refractivity contribution in [2.45, 2.75) is 57.0 Å². The lowest BCUT2D eigenvalue weighted by atomic mass is 10.2. The van der Waals surface area contributed by atoms with Gasteiger partial charge in [0.05, 0.1) is 0 Å². The Morgan fingerprint density at radius 2 is 1.48 bits per heavy atom. The molecule has 52 heavy (non-hydrogen) atoms. The van der Waals surface area contributed by atoms with Gasteiger partial charge < -0.3 is 34.8 Å². The number of carbonyl (C=O) groups excluding carboxylic acids is 1. The highest BCUT2D eigenvalue weighted by molar-refractivity contribution is 7.98. The van der Waals surface area contributed by atoms with Crippen LogP contribution in [-0.2, 0) is 33.2 Å². The lowest BCUT2D eigenvalue weighted by Gasteiger charge is -2.27. The van der Waals surface area contributed by atoms with Crippen LogP contribution >= 0.6 is 23.4 Å². The van der Waals surface area contributed by atoms with E-state index in [9.17, 15) is 23.6 Å². The first kappa shape index (κ1) is 41.7. The van der Waals surface area contributed by atoms with Crippen LogP contribution in [0.15, 0.2) is 77.1 Å². The number of nitrogens with zero attached hydrogens (tertiary/aromatic N) is 6. The molecule has 278 valence electrons. The number of aryl methyl sites for hydroxylation is 1. The second-order valence-electron chi connectivity index (χ2n) is 11.4. The van der Waals surface area contributed by atoms with Crippen molar-refractivity contribution in [2.24, 2.45) is 0 Å². The van der Waals surface area contributed by atoms with Crippen molar-refractivity contribution >= 4 is 41.2 Å². The molecule has 0 saturated carbocycles. The molecule has 4 N–H and O–H groups in total. The maximum Gasteiger partial charge on any atom is 0.335 e. The summed E-state index contributed by atoms with van der Waals surface area (Å²) in [5, 5.41) is 33.6. The molecular weight excluding hydrogens is 719 g/mol. The molecule has 4 rings (SSSR count). The van der Waals surface area contributed by atoms with Crippen LogP contribution in [0.25, 0.3) is 11.4 Å². The zero-order valence-electron chi connectivity index (χ0n) is 28.7. The second kappa shape index (κ2) is 20.3. The van der Waals surface area contributed by atoms with E-state index in [1.807, 2.05) is 12.1 Å². The van der Waals surface area contributed by atoms with Gasteiger partial charge in [0.25, 0.3) is 5.56 Å². The number of rotatable bonds is 16. The maximum absolute atomic E-state index is 13.8. The van der Waals surface area contributed by atoms with Gasteiger partial charge in [-0.05, 0) is 62.0 Å². The van der Waals surface area contributed by atoms with Crippen molar-refractivity contribution in [1.82, 2.24) is 29.3 Å². The number of aromatic nitrogens is 4. The summed E-state index contributed by atoms with van der Waals surface area (Å²) in [5.74, 6) is -2.90. The number of likely N-dealkylation sites (N-methyl/N-ethyl adjacent to an activating group) is 1. The Kier molecular flexibility index (Phi) is 16.3. The number of carboxylic acid groups (broad SMARTS) is 2. The van der Waals surface area contributed by atoms with Crippen molar-refractivity contribution in [3.05, 3.63) is 105 Å². The Labute approximate surface area is 308 Å². The highest BCUT2D eigenvalue weighted by Crippen LogP contribution is 2.22. The van der Waals surface area contributed by atoms with E-state index >= 15 is 0 Å². The molecule has 2 heterocycles. The molecular formula is C35H40ClFN6O8S. The molecule has 14 nitrogen and oxygen atoms in total. The minimum atomic E-state index is -2.27. The van der Waals surface area contributed by atoms with E-state index in [2.05, 4.69) is 33.7 Å². The van der Waals surface area contributed by atoms with Gasteiger partial charge in [-0.2, -0.15) is 4.98 Å². The van der Waals surface area contributed by atoms with Gasteiger partial charge in [-0.3, -0.25) is 9.59 Å². The molecule has 0 spiro atoms. The quantitative estimate of drug-likeness (QED) is 0.0960. The number of aliphatic carboxylic acids is 2. The Hall–Kier alpha value is -4.74. The molecule has 2 aromatic heterocycles. The number of hydrogen-bond acceptors (Lipinski definition) is 11. The van der Waals surface area contributed by atoms with Gasteiger partial charge in [0.2, 0.25) is 5.91 Å². The van der Waals surface area contributed by atoms with E-state index in [0.717, 1.165) is 36.3 Å². The maximum atomic E-state index is 13.8. The zero-order valence-corrected chi connectivity index (χ0v) is 30.3. The summed E-state index contributed by atoms with van der Waals surface area (Å²) < 4.78 is 15.1. The number of aliphatic hydroxyl groups is 2. The van der Waals surface area contributed by atoms with E-state index in [4.69, 9.17) is 32.0 Å². The summed E-state index contributed by atoms with van der Waals surface area (Å²) in [6, 6.07) is 13.5. The van der Waals surface area contributed by atoms with Gasteiger partial charge in [0.1, 0.15) is 12.4 Å². The molecule has 17 heteroatoms. The number of amides is 1. The van der Waals surface area contributed by atoms with Gasteiger partial charge in [-0.1, -0.05) is 49.3 Å². The monoisotopic (exact) mass is 758 g/mol. The Morgan fingerprint density at radius 1 is 0.904 bits per heavy atom. The van der Waals surface area contributed by atoms with Crippen LogP contribution in [0.5, 0.6) is 0 Å². The largest absolute Gasteiger partial charge is 0.479 e. The van der Waals surface area contributed by atoms with Crippen LogP contribution in [-0.4, -0.2) is 106 Å². The van der Waals surface area contributed by atoms with Crippen LogP contribution in [0, 0.1) is 12.7 Å². The molecule has 4 aromatic rings. The van der Waals surface area contributed by atoms with Gasteiger partial charge >= 0.3 is 11.9 Å². The van der Waals surface area contributed by atoms with E-state index < -0.39 is 24.1 Å². The number of aliphatic hydroxyl groups excluding tert-OH is 2. The van der Waals surface area contributed by atoms with Crippen molar-refractivity contribution in [2.75, 3.05) is 26.2 Å². The fourth-order valence-corrected chi connectivity index (χ4v) is 5.60. The standard InChI is InChI=1S/C31H34ClFN6O2S.C4H6O6/c1-4-37(5-2)14-15-38(19-24-16-34-29(35-17-24)25-8-10-26(32)11-9-25)28(40)20-39-18-22(3)30(41)36-31(39)42-21-23-6-12-27(33)13-7-23;5-1(3(7)8)2(6)4(9)10/h6-13,16-18H,4-5,14-15,19-21H2,1-3H3;1-2,5-6H,(H,7,8)(H,9,10). The third-order valence-electron chi connectivity index (χ3n) is 7.64. The summed E-state index contributed by atoms with van der Waals surface area (Å²) in [5.41, 5.74) is 2.66. The molecule has 0 aliphatic heterocycles. The van der Waals surface area contributed by atoms with Crippen LogP contribution in [0.4, 0.5) is 4.39 Å². The Balaban J connectivity index is 0.000000636. The number of halogens is 2. The average Bonchev–Trinajstić information content (AvgIpc) is 3.13. The Morgan fingerprint density at radius 3 is 2.02 bits per heavy atom. The van der Waals surface area contributed by atoms with E-state index in [-0.39, 0.29) is 23.8 Å². The second-order valence-corrected chi connectivity index (χ2v) is 12.8. The highest BCUT2D eigenvalue weighted by Gasteiger charge is 2.29. The minimum Gasteiger partial charge on any atom is -0.479 e. The molecule has 2 unspecified atom stereocenters. The van der Waals surface area contributed by atoms with Crippen LogP contribution in [0.2, 0.25) is 5.02 Å². The summed E-state index contributed by atoms with van der Waals surface area (Å²) in [6.45, 7) is 9.22. The number of thioether (sulfide) groups is 1. The molecule has 0 saturated heterocycles. The Bertz CT molecular complexity index is 1830. The average molecular weight is 759 g/mol. The molecule has 0 aliphatic rings. The molecule has 2 aromatic carbocycles. The van der Waals surface area contributed by atoms with Gasteiger partial charge in [0.15, 0.2) is 23.2 Å². The third-order valence-corrected chi connectivity index (χ3v) is 8.95. The van der Waals surface area contributed by atoms with Crippen LogP contribution in [0.3, 0.4) is 0 Å². The lowest BCUT2D eigenvalue weighted by molar-refractivity contribution is -0.165. The molecule has 0 radical (unpaired) electrons. The molecule has 2 atom stereocenters. The smallest absolute Gasteiger partial charge is 0.335 e. The van der Waals surface area contributed by atoms with E-state index in [0.29, 0.717) is 40.4 Å². The SMILES string of the molecule is CCN(CC)CCN(Cc1cnc(-c2ccc(Cl)cc2)nc1)C(=O)Cn1cc(C)c(=O)nc1SCc1ccc(F)cc1.O=C(O)C(O)C(O)C(=O)O. The minimum absolute atomic E-state index is 0.0157. The summed E-state index contributed by atoms with van der Waals surface area (Å²) in [7, 11) is 0. The normalized spacial score (nSPS) is 12.1. The predicted molar refractivity (Wildman–Crippen MR) is 192 cm³/mol. The fraction of sp³-hybridized carbons (Fsp3) is 0.343. The van der Waals surface area contributed by atoms with E-state index in [1.54, 1.807) is 59.2 Å². The fourth-order valence-electron chi connectivity index (χ4n) is 4.56. The predicted octanol–water partition coefficient (Wildman–Crippen LogP) is 3.34. The molecule has 0 fully saturated rings. The lowest BCUT2D eigenvalue weighted by Crippen LogP contribution is -2.40. The number of carboxylic acids is 2. The molecule has 0 bridgehead atoms. The summed E-state index contributed by atoms with van der Waals surface area (Å²) >= 11 is 7.34. The number of hydrogen-bond donors (Lipinski definition) is 4. The first-order chi connectivity index (χ1) is 24.7. The van der Waals surface area contributed by atoms with Gasteiger partial charge in [-0.15, -0.1) is 0 Å². The van der Waals surface area contributed by atoms with Crippen LogP contribution in [0.1, 0.15) is 30.5 Å². The van der Waals surface area contributed by atoms with Gasteiger partial charge in [-0.25, -0.2) is 23.9 Å². The van der Waals surface area contributed by atoms with Crippen molar-refractivity contribution in [3.63, 3.8) is 0 Å².